The van der Waals surface area contributed by atoms with Gasteiger partial charge in [-0.05, 0) is 95.9 Å². The summed E-state index contributed by atoms with van der Waals surface area (Å²) >= 11 is 0. The van der Waals surface area contributed by atoms with Crippen molar-refractivity contribution in [3.63, 3.8) is 0 Å². The second-order valence-corrected chi connectivity index (χ2v) is 13.2. The lowest BCUT2D eigenvalue weighted by Gasteiger charge is -2.33. The average molecular weight is 726 g/mol. The van der Waals surface area contributed by atoms with Crippen LogP contribution >= 0.6 is 0 Å². The summed E-state index contributed by atoms with van der Waals surface area (Å²) < 4.78 is 97.8. The number of aromatic nitrogens is 3. The van der Waals surface area contributed by atoms with Crippen molar-refractivity contribution < 1.29 is 49.9 Å². The molecule has 51 heavy (non-hydrogen) atoms. The van der Waals surface area contributed by atoms with Gasteiger partial charge in [0, 0.05) is 19.5 Å². The van der Waals surface area contributed by atoms with Crippen molar-refractivity contribution in [3.8, 4) is 11.3 Å². The Bertz CT molecular complexity index is 1670. The maximum Gasteiger partial charge on any atom is 0.416 e. The molecule has 2 atom stereocenters. The Kier molecular flexibility index (Phi) is 11.2. The number of carbonyl (C=O) groups is 2. The molecule has 0 spiro atoms. The van der Waals surface area contributed by atoms with Crippen LogP contribution in [-0.4, -0.2) is 57.8 Å². The molecular formula is C35H41F6N5O5. The van der Waals surface area contributed by atoms with E-state index in [1.165, 1.54) is 11.8 Å². The van der Waals surface area contributed by atoms with Gasteiger partial charge in [0.2, 0.25) is 0 Å². The minimum atomic E-state index is -5.06. The predicted molar refractivity (Wildman–Crippen MR) is 172 cm³/mol. The minimum absolute atomic E-state index is 0.0387. The summed E-state index contributed by atoms with van der Waals surface area (Å²) in [7, 11) is 0. The van der Waals surface area contributed by atoms with Crippen molar-refractivity contribution in [1.82, 2.24) is 20.0 Å². The van der Waals surface area contributed by atoms with Gasteiger partial charge in [-0.1, -0.05) is 5.16 Å². The standard InChI is InChI=1S/C35H41F6N5O5/c1-6-45(17-23-10-8-22(9-11-23)12-29(47)49-7-2)32-28(43-27(16-42-32)30-19(3)44-51-21(30)5)18-46-20(4)31(50-33(46)48)24-13-25(34(36,37)38)15-26(14-24)35(39,40)41/h13-16,20,22-23,31H,6-12,17-18H2,1-5H3/t20-,22?,23?,31?/m0/s1. The largest absolute Gasteiger partial charge is 0.466 e. The predicted octanol–water partition coefficient (Wildman–Crippen LogP) is 8.45. The van der Waals surface area contributed by atoms with E-state index in [4.69, 9.17) is 24.0 Å². The number of nitrogens with zero attached hydrogens (tertiary/aromatic N) is 5. The van der Waals surface area contributed by atoms with Crippen molar-refractivity contribution in [2.75, 3.05) is 24.6 Å². The molecule has 16 heteroatoms. The highest BCUT2D eigenvalue weighted by Crippen LogP contribution is 2.42. The molecule has 1 aromatic carbocycles. The molecule has 10 nitrogen and oxygen atoms in total. The molecule has 1 amide bonds. The van der Waals surface area contributed by atoms with E-state index in [2.05, 4.69) is 5.16 Å². The molecule has 3 aromatic rings. The van der Waals surface area contributed by atoms with Crippen molar-refractivity contribution in [2.24, 2.45) is 11.8 Å². The molecule has 1 saturated heterocycles. The van der Waals surface area contributed by atoms with Crippen molar-refractivity contribution in [3.05, 3.63) is 58.2 Å². The maximum absolute atomic E-state index is 13.7. The summed E-state index contributed by atoms with van der Waals surface area (Å²) in [4.78, 5) is 38.3. The number of esters is 1. The van der Waals surface area contributed by atoms with Gasteiger partial charge in [-0.3, -0.25) is 9.69 Å². The van der Waals surface area contributed by atoms with Crippen LogP contribution in [0.3, 0.4) is 0 Å². The molecule has 3 heterocycles. The summed E-state index contributed by atoms with van der Waals surface area (Å²) in [6.07, 6.45) is -6.98. The van der Waals surface area contributed by atoms with Gasteiger partial charge >= 0.3 is 24.4 Å². The van der Waals surface area contributed by atoms with E-state index in [9.17, 15) is 35.9 Å². The summed E-state index contributed by atoms with van der Waals surface area (Å²) in [6, 6.07) is 0.231. The smallest absolute Gasteiger partial charge is 0.416 e. The number of carbonyl (C=O) groups excluding carboxylic acids is 2. The molecule has 2 aromatic heterocycles. The number of rotatable bonds is 11. The Morgan fingerprint density at radius 1 is 1.00 bits per heavy atom. The van der Waals surface area contributed by atoms with E-state index in [1.54, 1.807) is 27.0 Å². The molecule has 1 saturated carbocycles. The van der Waals surface area contributed by atoms with Gasteiger partial charge < -0.3 is 18.9 Å². The Labute approximate surface area is 291 Å². The Morgan fingerprint density at radius 3 is 2.18 bits per heavy atom. The van der Waals surface area contributed by atoms with E-state index in [0.29, 0.717) is 72.5 Å². The molecule has 0 bridgehead atoms. The van der Waals surface area contributed by atoms with Gasteiger partial charge in [-0.15, -0.1) is 0 Å². The van der Waals surface area contributed by atoms with Crippen LogP contribution < -0.4 is 4.90 Å². The Hall–Kier alpha value is -4.37. The lowest BCUT2D eigenvalue weighted by molar-refractivity contribution is -0.145. The first kappa shape index (κ1) is 37.9. The van der Waals surface area contributed by atoms with Gasteiger partial charge in [0.25, 0.3) is 0 Å². The number of hydrogen-bond acceptors (Lipinski definition) is 9. The monoisotopic (exact) mass is 725 g/mol. The third kappa shape index (κ3) is 8.58. The van der Waals surface area contributed by atoms with E-state index < -0.39 is 47.3 Å². The van der Waals surface area contributed by atoms with Crippen molar-refractivity contribution >= 4 is 17.9 Å². The molecule has 278 valence electrons. The first-order chi connectivity index (χ1) is 24.0. The van der Waals surface area contributed by atoms with Gasteiger partial charge in [-0.25, -0.2) is 14.8 Å². The number of alkyl halides is 6. The highest BCUT2D eigenvalue weighted by Gasteiger charge is 2.44. The number of halogens is 6. The van der Waals surface area contributed by atoms with Crippen molar-refractivity contribution in [1.29, 1.82) is 0 Å². The molecule has 1 aliphatic heterocycles. The molecule has 5 rings (SSSR count). The second-order valence-electron chi connectivity index (χ2n) is 13.2. The lowest BCUT2D eigenvalue weighted by atomic mass is 9.80. The van der Waals surface area contributed by atoms with Crippen LogP contribution in [0.2, 0.25) is 0 Å². The maximum atomic E-state index is 13.7. The number of hydrogen-bond donors (Lipinski definition) is 0. The van der Waals surface area contributed by atoms with Crippen LogP contribution in [0.5, 0.6) is 0 Å². The van der Waals surface area contributed by atoms with E-state index in [0.717, 1.165) is 25.7 Å². The second kappa shape index (κ2) is 15.1. The minimum Gasteiger partial charge on any atom is -0.466 e. The van der Waals surface area contributed by atoms with Crippen LogP contribution in [0.1, 0.15) is 92.8 Å². The zero-order valence-electron chi connectivity index (χ0n) is 29.0. The number of anilines is 1. The quantitative estimate of drug-likeness (QED) is 0.142. The molecule has 2 fully saturated rings. The summed E-state index contributed by atoms with van der Waals surface area (Å²) in [5, 5.41) is 4.00. The highest BCUT2D eigenvalue weighted by atomic mass is 19.4. The zero-order valence-corrected chi connectivity index (χ0v) is 29.0. The third-order valence-electron chi connectivity index (χ3n) is 9.65. The molecule has 2 aliphatic rings. The van der Waals surface area contributed by atoms with Gasteiger partial charge in [0.15, 0.2) is 5.82 Å². The van der Waals surface area contributed by atoms with Crippen LogP contribution in [-0.2, 0) is 33.2 Å². The summed E-state index contributed by atoms with van der Waals surface area (Å²) in [5.74, 6) is 1.30. The number of amides is 1. The first-order valence-corrected chi connectivity index (χ1v) is 17.0. The number of cyclic esters (lactones) is 1. The number of benzene rings is 1. The summed E-state index contributed by atoms with van der Waals surface area (Å²) in [5.41, 5.74) is -1.47. The molecular weight excluding hydrogens is 684 g/mol. The fourth-order valence-electron chi connectivity index (χ4n) is 6.98. The van der Waals surface area contributed by atoms with Crippen LogP contribution in [0.4, 0.5) is 37.0 Å². The van der Waals surface area contributed by atoms with E-state index in [1.807, 2.05) is 11.8 Å². The third-order valence-corrected chi connectivity index (χ3v) is 9.65. The average Bonchev–Trinajstić information content (AvgIpc) is 3.55. The Morgan fingerprint density at radius 2 is 1.63 bits per heavy atom. The normalized spacial score (nSPS) is 21.2. The van der Waals surface area contributed by atoms with E-state index >= 15 is 0 Å². The van der Waals surface area contributed by atoms with Gasteiger partial charge in [0.1, 0.15) is 17.6 Å². The fraction of sp³-hybridized carbons (Fsp3) is 0.571. The zero-order chi connectivity index (χ0) is 37.2. The molecule has 1 aliphatic carbocycles. The Balaban J connectivity index is 1.44. The summed E-state index contributed by atoms with van der Waals surface area (Å²) in [6.45, 7) is 9.99. The van der Waals surface area contributed by atoms with Gasteiger partial charge in [-0.2, -0.15) is 26.3 Å². The lowest BCUT2D eigenvalue weighted by Crippen LogP contribution is -2.36. The molecule has 1 unspecified atom stereocenters. The van der Waals surface area contributed by atoms with Gasteiger partial charge in [0.05, 0.1) is 53.5 Å². The topological polar surface area (TPSA) is 111 Å². The molecule has 0 N–H and O–H groups in total. The first-order valence-electron chi connectivity index (χ1n) is 17.0. The fourth-order valence-corrected chi connectivity index (χ4v) is 6.98. The van der Waals surface area contributed by atoms with Crippen LogP contribution in [0.15, 0.2) is 28.9 Å². The number of aryl methyl sites for hydroxylation is 2. The SMILES string of the molecule is CCOC(=O)CC1CCC(CN(CC)c2ncc(-c3c(C)noc3C)nc2CN2C(=O)OC(c3cc(C(F)(F)F)cc(C(F)(F)F)c3)[C@@H]2C)CC1. The molecule has 0 radical (unpaired) electrons. The van der Waals surface area contributed by atoms with E-state index in [-0.39, 0.29) is 30.4 Å². The van der Waals surface area contributed by atoms with Crippen LogP contribution in [0, 0.1) is 25.7 Å². The number of ether oxygens (including phenoxy) is 2. The van der Waals surface area contributed by atoms with Crippen LogP contribution in [0.25, 0.3) is 11.3 Å². The highest BCUT2D eigenvalue weighted by molar-refractivity contribution is 5.72. The van der Waals surface area contributed by atoms with Crippen molar-refractivity contribution in [2.45, 2.75) is 97.8 Å².